The van der Waals surface area contributed by atoms with E-state index in [1.54, 1.807) is 4.57 Å². The van der Waals surface area contributed by atoms with Gasteiger partial charge in [0.15, 0.2) is 11.6 Å². The van der Waals surface area contributed by atoms with Crippen LogP contribution < -0.4 is 5.32 Å². The van der Waals surface area contributed by atoms with Crippen molar-refractivity contribution in [2.75, 3.05) is 26.0 Å². The number of carbonyl (C=O) groups is 1. The van der Waals surface area contributed by atoms with E-state index in [9.17, 15) is 13.6 Å². The van der Waals surface area contributed by atoms with Crippen LogP contribution in [0.1, 0.15) is 19.9 Å². The largest absolute Gasteiger partial charge is 0.346 e. The number of benzene rings is 2. The number of rotatable bonds is 7. The summed E-state index contributed by atoms with van der Waals surface area (Å²) in [5.41, 5.74) is 2.47. The van der Waals surface area contributed by atoms with E-state index in [1.807, 2.05) is 58.4 Å². The molecule has 0 saturated heterocycles. The van der Waals surface area contributed by atoms with Gasteiger partial charge in [-0.05, 0) is 44.3 Å². The SMILES string of the molecule is CC(C)C(C(=O)Nc1ccc2c(ccn2CCN(C)C)c1)n1cnc2cc(F)c(F)cc21. The number of fused-ring (bicyclic) bond motifs is 2. The highest BCUT2D eigenvalue weighted by Gasteiger charge is 2.26. The fourth-order valence-electron chi connectivity index (χ4n) is 3.99. The van der Waals surface area contributed by atoms with Crippen molar-refractivity contribution < 1.29 is 13.6 Å². The van der Waals surface area contributed by atoms with Gasteiger partial charge in [0.1, 0.15) is 6.04 Å². The molecule has 0 radical (unpaired) electrons. The smallest absolute Gasteiger partial charge is 0.247 e. The molecule has 0 fully saturated rings. The van der Waals surface area contributed by atoms with Crippen LogP contribution in [0.5, 0.6) is 0 Å². The van der Waals surface area contributed by atoms with Gasteiger partial charge in [0, 0.05) is 48.0 Å². The molecule has 1 N–H and O–H groups in total. The number of likely N-dealkylation sites (N-methyl/N-ethyl adjacent to an activating group) is 1. The minimum atomic E-state index is -0.966. The number of amides is 1. The fraction of sp³-hybridized carbons (Fsp3) is 0.333. The van der Waals surface area contributed by atoms with Gasteiger partial charge >= 0.3 is 0 Å². The molecule has 8 heteroatoms. The van der Waals surface area contributed by atoms with Crippen molar-refractivity contribution in [2.24, 2.45) is 5.92 Å². The molecule has 32 heavy (non-hydrogen) atoms. The monoisotopic (exact) mass is 439 g/mol. The Kier molecular flexibility index (Phi) is 5.97. The van der Waals surface area contributed by atoms with E-state index in [0.717, 1.165) is 36.1 Å². The number of carbonyl (C=O) groups excluding carboxylic acids is 1. The summed E-state index contributed by atoms with van der Waals surface area (Å²) >= 11 is 0. The molecule has 0 bridgehead atoms. The standard InChI is InChI=1S/C24H27F2N5O/c1-15(2)23(31-14-27-20-12-18(25)19(26)13-22(20)31)24(32)28-17-5-6-21-16(11-17)7-8-30(21)10-9-29(3)4/h5-8,11-15,23H,9-10H2,1-4H3,(H,28,32). The minimum absolute atomic E-state index is 0.101. The lowest BCUT2D eigenvalue weighted by molar-refractivity contribution is -0.120. The van der Waals surface area contributed by atoms with Gasteiger partial charge < -0.3 is 19.4 Å². The molecular formula is C24H27F2N5O. The van der Waals surface area contributed by atoms with Crippen LogP contribution in [0.25, 0.3) is 21.9 Å². The normalized spacial score (nSPS) is 12.9. The molecule has 2 heterocycles. The van der Waals surface area contributed by atoms with E-state index in [0.29, 0.717) is 16.7 Å². The van der Waals surface area contributed by atoms with Gasteiger partial charge in [-0.3, -0.25) is 4.79 Å². The summed E-state index contributed by atoms with van der Waals surface area (Å²) in [6.07, 6.45) is 3.50. The van der Waals surface area contributed by atoms with Crippen molar-refractivity contribution in [1.82, 2.24) is 19.0 Å². The van der Waals surface area contributed by atoms with Gasteiger partial charge in [0.2, 0.25) is 5.91 Å². The van der Waals surface area contributed by atoms with Gasteiger partial charge in [0.05, 0.1) is 17.4 Å². The molecule has 0 aliphatic heterocycles. The molecule has 1 atom stereocenters. The maximum absolute atomic E-state index is 13.8. The molecule has 0 aliphatic rings. The maximum Gasteiger partial charge on any atom is 0.247 e. The average molecular weight is 440 g/mol. The Labute approximate surface area is 185 Å². The molecule has 2 aromatic carbocycles. The summed E-state index contributed by atoms with van der Waals surface area (Å²) in [6, 6.07) is 9.35. The summed E-state index contributed by atoms with van der Waals surface area (Å²) in [7, 11) is 4.08. The lowest BCUT2D eigenvalue weighted by Gasteiger charge is -2.22. The predicted molar refractivity (Wildman–Crippen MR) is 123 cm³/mol. The fourth-order valence-corrected chi connectivity index (χ4v) is 3.99. The van der Waals surface area contributed by atoms with E-state index in [-0.39, 0.29) is 11.8 Å². The highest BCUT2D eigenvalue weighted by Crippen LogP contribution is 2.27. The van der Waals surface area contributed by atoms with Gasteiger partial charge in [0.25, 0.3) is 0 Å². The molecule has 1 unspecified atom stereocenters. The molecule has 6 nitrogen and oxygen atoms in total. The number of hydrogen-bond acceptors (Lipinski definition) is 3. The molecule has 168 valence electrons. The predicted octanol–water partition coefficient (Wildman–Crippen LogP) is 4.67. The molecule has 2 aromatic heterocycles. The lowest BCUT2D eigenvalue weighted by atomic mass is 10.0. The second kappa shape index (κ2) is 8.70. The van der Waals surface area contributed by atoms with Crippen molar-refractivity contribution >= 4 is 33.5 Å². The van der Waals surface area contributed by atoms with Crippen molar-refractivity contribution in [3.8, 4) is 0 Å². The van der Waals surface area contributed by atoms with Crippen LogP contribution in [-0.2, 0) is 11.3 Å². The summed E-state index contributed by atoms with van der Waals surface area (Å²) in [5, 5.41) is 4.02. The molecule has 0 aliphatic carbocycles. The summed E-state index contributed by atoms with van der Waals surface area (Å²) < 4.78 is 31.2. The number of nitrogens with one attached hydrogen (secondary N) is 1. The van der Waals surface area contributed by atoms with E-state index < -0.39 is 17.7 Å². The van der Waals surface area contributed by atoms with Crippen LogP contribution >= 0.6 is 0 Å². The van der Waals surface area contributed by atoms with Gasteiger partial charge in [-0.2, -0.15) is 0 Å². The summed E-state index contributed by atoms with van der Waals surface area (Å²) in [4.78, 5) is 19.5. The second-order valence-corrected chi connectivity index (χ2v) is 8.67. The quantitative estimate of drug-likeness (QED) is 0.455. The zero-order valence-electron chi connectivity index (χ0n) is 18.6. The third-order valence-electron chi connectivity index (χ3n) is 5.64. The number of imidazole rings is 1. The van der Waals surface area contributed by atoms with E-state index in [2.05, 4.69) is 19.8 Å². The number of halogens is 2. The molecule has 1 amide bonds. The highest BCUT2D eigenvalue weighted by atomic mass is 19.2. The number of nitrogens with zero attached hydrogens (tertiary/aromatic N) is 4. The zero-order chi connectivity index (χ0) is 23.0. The molecule has 4 aromatic rings. The van der Waals surface area contributed by atoms with E-state index in [1.165, 1.54) is 6.33 Å². The first-order valence-electron chi connectivity index (χ1n) is 10.6. The van der Waals surface area contributed by atoms with Crippen LogP contribution in [0, 0.1) is 17.6 Å². The van der Waals surface area contributed by atoms with Crippen molar-refractivity contribution in [3.05, 3.63) is 60.6 Å². The Balaban J connectivity index is 1.60. The first-order valence-corrected chi connectivity index (χ1v) is 10.6. The third kappa shape index (κ3) is 4.23. The van der Waals surface area contributed by atoms with Crippen molar-refractivity contribution in [2.45, 2.75) is 26.4 Å². The van der Waals surface area contributed by atoms with Crippen molar-refractivity contribution in [3.63, 3.8) is 0 Å². The Morgan fingerprint density at radius 1 is 1.09 bits per heavy atom. The Morgan fingerprint density at radius 3 is 2.56 bits per heavy atom. The Hall–Kier alpha value is -3.26. The second-order valence-electron chi connectivity index (χ2n) is 8.67. The minimum Gasteiger partial charge on any atom is -0.346 e. The zero-order valence-corrected chi connectivity index (χ0v) is 18.6. The highest BCUT2D eigenvalue weighted by molar-refractivity contribution is 5.97. The van der Waals surface area contributed by atoms with Crippen LogP contribution in [0.2, 0.25) is 0 Å². The van der Waals surface area contributed by atoms with Crippen LogP contribution in [0.4, 0.5) is 14.5 Å². The third-order valence-corrected chi connectivity index (χ3v) is 5.64. The van der Waals surface area contributed by atoms with Crippen LogP contribution in [0.15, 0.2) is 48.9 Å². The number of aromatic nitrogens is 3. The van der Waals surface area contributed by atoms with Crippen LogP contribution in [0.3, 0.4) is 0 Å². The Morgan fingerprint density at radius 2 is 1.84 bits per heavy atom. The molecular weight excluding hydrogens is 412 g/mol. The van der Waals surface area contributed by atoms with Gasteiger partial charge in [-0.25, -0.2) is 13.8 Å². The maximum atomic E-state index is 13.8. The Bertz CT molecular complexity index is 1270. The van der Waals surface area contributed by atoms with Gasteiger partial charge in [-0.15, -0.1) is 0 Å². The first kappa shape index (κ1) is 22.0. The number of hydrogen-bond donors (Lipinski definition) is 1. The lowest BCUT2D eigenvalue weighted by Crippen LogP contribution is -2.29. The topological polar surface area (TPSA) is 55.1 Å². The van der Waals surface area contributed by atoms with Crippen molar-refractivity contribution in [1.29, 1.82) is 0 Å². The van der Waals surface area contributed by atoms with Gasteiger partial charge in [-0.1, -0.05) is 13.8 Å². The molecule has 0 saturated carbocycles. The summed E-state index contributed by atoms with van der Waals surface area (Å²) in [5.74, 6) is -2.27. The van der Waals surface area contributed by atoms with E-state index in [4.69, 9.17) is 0 Å². The first-order chi connectivity index (χ1) is 15.2. The summed E-state index contributed by atoms with van der Waals surface area (Å²) in [6.45, 7) is 5.62. The average Bonchev–Trinajstić information content (AvgIpc) is 3.30. The van der Waals surface area contributed by atoms with E-state index >= 15 is 0 Å². The molecule has 4 rings (SSSR count). The molecule has 0 spiro atoms. The number of anilines is 1. The van der Waals surface area contributed by atoms with Crippen LogP contribution in [-0.4, -0.2) is 45.6 Å².